The van der Waals surface area contributed by atoms with Gasteiger partial charge in [0.25, 0.3) is 0 Å². The Balaban J connectivity index is 3.50. The molecule has 0 aliphatic rings. The average Bonchev–Trinajstić information content (AvgIpc) is 2.07. The highest BCUT2D eigenvalue weighted by Gasteiger charge is 2.13. The number of halogens is 1. The Morgan fingerprint density at radius 2 is 2.00 bits per heavy atom. The van der Waals surface area contributed by atoms with E-state index >= 15 is 0 Å². The van der Waals surface area contributed by atoms with E-state index in [0.717, 1.165) is 14.7 Å². The molecule has 0 aromatic heterocycles. The summed E-state index contributed by atoms with van der Waals surface area (Å²) >= 11 is 2.04. The number of carboxylic acid groups (broad SMARTS) is 1. The number of nitrogen functional groups attached to an aromatic ring is 1. The van der Waals surface area contributed by atoms with Gasteiger partial charge in [-0.25, -0.2) is 4.79 Å². The normalized spacial score (nSPS) is 10.1. The van der Waals surface area contributed by atoms with Crippen LogP contribution in [0.25, 0.3) is 0 Å². The summed E-state index contributed by atoms with van der Waals surface area (Å²) in [5.74, 6) is -0.904. The number of carbonyl (C=O) groups is 1. The fraction of sp³-hybridized carbons (Fsp3) is 0.222. The van der Waals surface area contributed by atoms with Crippen LogP contribution in [0.15, 0.2) is 6.07 Å². The van der Waals surface area contributed by atoms with Crippen molar-refractivity contribution in [1.29, 1.82) is 0 Å². The molecule has 4 heteroatoms. The molecule has 0 heterocycles. The van der Waals surface area contributed by atoms with Crippen LogP contribution >= 0.6 is 22.6 Å². The third-order valence-electron chi connectivity index (χ3n) is 2.13. The maximum absolute atomic E-state index is 10.8. The Morgan fingerprint density at radius 3 is 2.46 bits per heavy atom. The molecule has 3 N–H and O–H groups in total. The zero-order chi connectivity index (χ0) is 10.2. The summed E-state index contributed by atoms with van der Waals surface area (Å²) in [6, 6.07) is 1.60. The maximum Gasteiger partial charge on any atom is 0.336 e. The van der Waals surface area contributed by atoms with Crippen LogP contribution < -0.4 is 5.73 Å². The van der Waals surface area contributed by atoms with E-state index in [2.05, 4.69) is 0 Å². The molecular weight excluding hydrogens is 281 g/mol. The van der Waals surface area contributed by atoms with Gasteiger partial charge in [0.2, 0.25) is 0 Å². The topological polar surface area (TPSA) is 63.3 Å². The highest BCUT2D eigenvalue weighted by molar-refractivity contribution is 14.1. The van der Waals surface area contributed by atoms with Gasteiger partial charge in [-0.1, -0.05) is 0 Å². The summed E-state index contributed by atoms with van der Waals surface area (Å²) in [6.07, 6.45) is 0. The molecular formula is C9H10INO2. The molecule has 0 amide bonds. The summed E-state index contributed by atoms with van der Waals surface area (Å²) in [5.41, 5.74) is 8.34. The van der Waals surface area contributed by atoms with Crippen LogP contribution in [0.2, 0.25) is 0 Å². The molecule has 0 atom stereocenters. The fourth-order valence-electron chi connectivity index (χ4n) is 1.12. The van der Waals surface area contributed by atoms with Crippen molar-refractivity contribution in [2.75, 3.05) is 5.73 Å². The standard InChI is InChI=1S/C9H10INO2/c1-4-5(2)8(11)7(10)3-6(4)9(12)13/h3H,11H2,1-2H3,(H,12,13). The van der Waals surface area contributed by atoms with Crippen LogP contribution in [0.3, 0.4) is 0 Å². The summed E-state index contributed by atoms with van der Waals surface area (Å²) in [5, 5.41) is 8.86. The molecule has 0 radical (unpaired) electrons. The lowest BCUT2D eigenvalue weighted by Crippen LogP contribution is -2.05. The first-order chi connectivity index (χ1) is 5.95. The molecule has 1 aromatic carbocycles. The van der Waals surface area contributed by atoms with Crippen LogP contribution in [-0.2, 0) is 0 Å². The quantitative estimate of drug-likeness (QED) is 0.616. The number of nitrogens with two attached hydrogens (primary N) is 1. The van der Waals surface area contributed by atoms with Gasteiger partial charge in [0.15, 0.2) is 0 Å². The van der Waals surface area contributed by atoms with Crippen molar-refractivity contribution in [2.24, 2.45) is 0 Å². The first-order valence-electron chi connectivity index (χ1n) is 3.73. The summed E-state index contributed by atoms with van der Waals surface area (Å²) < 4.78 is 0.790. The van der Waals surface area contributed by atoms with Crippen molar-refractivity contribution in [3.05, 3.63) is 26.3 Å². The summed E-state index contributed by atoms with van der Waals surface area (Å²) in [4.78, 5) is 10.8. The van der Waals surface area contributed by atoms with Gasteiger partial charge < -0.3 is 10.8 Å². The Kier molecular flexibility index (Phi) is 2.80. The molecule has 70 valence electrons. The fourth-order valence-corrected chi connectivity index (χ4v) is 1.83. The molecule has 0 fully saturated rings. The number of rotatable bonds is 1. The second kappa shape index (κ2) is 3.53. The molecule has 0 saturated carbocycles. The van der Waals surface area contributed by atoms with Gasteiger partial charge in [-0.05, 0) is 53.6 Å². The van der Waals surface area contributed by atoms with Gasteiger partial charge in [-0.2, -0.15) is 0 Å². The number of hydrogen-bond donors (Lipinski definition) is 2. The number of hydrogen-bond acceptors (Lipinski definition) is 2. The molecule has 0 aliphatic heterocycles. The number of benzene rings is 1. The third kappa shape index (κ3) is 1.77. The minimum atomic E-state index is -0.904. The van der Waals surface area contributed by atoms with Gasteiger partial charge in [0.1, 0.15) is 0 Å². The Hall–Kier alpha value is -0.780. The lowest BCUT2D eigenvalue weighted by atomic mass is 10.0. The van der Waals surface area contributed by atoms with E-state index in [-0.39, 0.29) is 0 Å². The lowest BCUT2D eigenvalue weighted by Gasteiger charge is -2.09. The van der Waals surface area contributed by atoms with E-state index in [0.29, 0.717) is 11.3 Å². The van der Waals surface area contributed by atoms with Crippen molar-refractivity contribution in [2.45, 2.75) is 13.8 Å². The highest BCUT2D eigenvalue weighted by Crippen LogP contribution is 2.25. The second-order valence-electron chi connectivity index (χ2n) is 2.87. The van der Waals surface area contributed by atoms with Gasteiger partial charge in [-0.3, -0.25) is 0 Å². The van der Waals surface area contributed by atoms with E-state index in [4.69, 9.17) is 10.8 Å². The molecule has 1 rings (SSSR count). The SMILES string of the molecule is Cc1c(C(=O)O)cc(I)c(N)c1C. The molecule has 0 spiro atoms. The van der Waals surface area contributed by atoms with E-state index < -0.39 is 5.97 Å². The minimum absolute atomic E-state index is 0.330. The Bertz CT molecular complexity index is 374. The van der Waals surface area contributed by atoms with Crippen LogP contribution in [0, 0.1) is 17.4 Å². The third-order valence-corrected chi connectivity index (χ3v) is 3.02. The van der Waals surface area contributed by atoms with E-state index in [1.807, 2.05) is 29.5 Å². The molecule has 1 aromatic rings. The first kappa shape index (κ1) is 10.3. The lowest BCUT2D eigenvalue weighted by molar-refractivity contribution is 0.0696. The zero-order valence-corrected chi connectivity index (χ0v) is 9.55. The van der Waals surface area contributed by atoms with Gasteiger partial charge in [0.05, 0.1) is 5.56 Å². The Morgan fingerprint density at radius 1 is 1.46 bits per heavy atom. The monoisotopic (exact) mass is 291 g/mol. The number of aromatic carboxylic acids is 1. The zero-order valence-electron chi connectivity index (χ0n) is 7.39. The molecule has 0 unspecified atom stereocenters. The molecule has 0 aliphatic carbocycles. The maximum atomic E-state index is 10.8. The van der Waals surface area contributed by atoms with Crippen LogP contribution in [0.5, 0.6) is 0 Å². The van der Waals surface area contributed by atoms with Crippen molar-refractivity contribution in [3.8, 4) is 0 Å². The summed E-state index contributed by atoms with van der Waals surface area (Å²) in [7, 11) is 0. The molecule has 0 saturated heterocycles. The van der Waals surface area contributed by atoms with Gasteiger partial charge >= 0.3 is 5.97 Å². The second-order valence-corrected chi connectivity index (χ2v) is 4.04. The van der Waals surface area contributed by atoms with Gasteiger partial charge in [-0.15, -0.1) is 0 Å². The number of anilines is 1. The minimum Gasteiger partial charge on any atom is -0.478 e. The average molecular weight is 291 g/mol. The molecule has 13 heavy (non-hydrogen) atoms. The predicted molar refractivity (Wildman–Crippen MR) is 60.0 cm³/mol. The predicted octanol–water partition coefficient (Wildman–Crippen LogP) is 2.19. The van der Waals surface area contributed by atoms with Crippen LogP contribution in [0.4, 0.5) is 5.69 Å². The van der Waals surface area contributed by atoms with Crippen molar-refractivity contribution in [1.82, 2.24) is 0 Å². The van der Waals surface area contributed by atoms with Crippen molar-refractivity contribution < 1.29 is 9.90 Å². The van der Waals surface area contributed by atoms with Crippen LogP contribution in [0.1, 0.15) is 21.5 Å². The first-order valence-corrected chi connectivity index (χ1v) is 4.81. The smallest absolute Gasteiger partial charge is 0.336 e. The summed E-state index contributed by atoms with van der Waals surface area (Å²) in [6.45, 7) is 3.60. The van der Waals surface area contributed by atoms with Gasteiger partial charge in [0, 0.05) is 9.26 Å². The molecule has 3 nitrogen and oxygen atoms in total. The Labute approximate surface area is 90.1 Å². The van der Waals surface area contributed by atoms with E-state index in [1.54, 1.807) is 13.0 Å². The van der Waals surface area contributed by atoms with Crippen molar-refractivity contribution >= 4 is 34.2 Å². The number of carboxylic acids is 1. The highest BCUT2D eigenvalue weighted by atomic mass is 127. The largest absolute Gasteiger partial charge is 0.478 e. The van der Waals surface area contributed by atoms with Crippen molar-refractivity contribution in [3.63, 3.8) is 0 Å². The van der Waals surface area contributed by atoms with E-state index in [9.17, 15) is 4.79 Å². The van der Waals surface area contributed by atoms with Crippen LogP contribution in [-0.4, -0.2) is 11.1 Å². The molecule has 0 bridgehead atoms. The van der Waals surface area contributed by atoms with E-state index in [1.165, 1.54) is 0 Å².